The third-order valence-electron chi connectivity index (χ3n) is 5.51. The van der Waals surface area contributed by atoms with Crippen molar-refractivity contribution in [2.24, 2.45) is 5.92 Å². The Balaban J connectivity index is 1.66. The summed E-state index contributed by atoms with van der Waals surface area (Å²) in [6, 6.07) is 0.678. The van der Waals surface area contributed by atoms with Crippen LogP contribution in [0.1, 0.15) is 46.0 Å². The summed E-state index contributed by atoms with van der Waals surface area (Å²) in [5.74, 6) is 0.753. The molecule has 1 saturated carbocycles. The summed E-state index contributed by atoms with van der Waals surface area (Å²) in [4.78, 5) is 5.18. The molecule has 0 aromatic carbocycles. The van der Waals surface area contributed by atoms with Crippen LogP contribution in [0.2, 0.25) is 0 Å². The van der Waals surface area contributed by atoms with Gasteiger partial charge in [-0.05, 0) is 25.2 Å². The van der Waals surface area contributed by atoms with Gasteiger partial charge in [0.2, 0.25) is 0 Å². The van der Waals surface area contributed by atoms with Crippen molar-refractivity contribution >= 4 is 0 Å². The van der Waals surface area contributed by atoms with Gasteiger partial charge in [0.25, 0.3) is 0 Å². The average Bonchev–Trinajstić information content (AvgIpc) is 2.55. The van der Waals surface area contributed by atoms with Gasteiger partial charge in [0, 0.05) is 45.9 Å². The lowest BCUT2D eigenvalue weighted by atomic mass is 9.88. The van der Waals surface area contributed by atoms with Gasteiger partial charge in [0.15, 0.2) is 0 Å². The molecule has 0 amide bonds. The lowest BCUT2D eigenvalue weighted by Gasteiger charge is -2.41. The van der Waals surface area contributed by atoms with Crippen molar-refractivity contribution in [3.05, 3.63) is 0 Å². The van der Waals surface area contributed by atoms with Crippen LogP contribution in [0, 0.1) is 5.92 Å². The van der Waals surface area contributed by atoms with Gasteiger partial charge in [-0.2, -0.15) is 0 Å². The number of hydrogen-bond donors (Lipinski definition) is 0. The van der Waals surface area contributed by atoms with Gasteiger partial charge in [-0.25, -0.2) is 0 Å². The molecule has 0 aromatic heterocycles. The first-order valence-corrected chi connectivity index (χ1v) is 9.31. The summed E-state index contributed by atoms with van der Waals surface area (Å²) in [5, 5.41) is 0. The quantitative estimate of drug-likeness (QED) is 0.688. The highest BCUT2D eigenvalue weighted by atomic mass is 16.5. The SMILES string of the molecule is CC[C@@H]1CN(CCO[C@@H]2CCCC[C@@H]2C)CCN1CCOC. The minimum Gasteiger partial charge on any atom is -0.383 e. The molecule has 130 valence electrons. The van der Waals surface area contributed by atoms with E-state index >= 15 is 0 Å². The molecule has 1 saturated heterocycles. The number of hydrogen-bond acceptors (Lipinski definition) is 4. The van der Waals surface area contributed by atoms with Crippen molar-refractivity contribution < 1.29 is 9.47 Å². The minimum absolute atomic E-state index is 0.513. The maximum atomic E-state index is 6.18. The van der Waals surface area contributed by atoms with Crippen molar-refractivity contribution in [3.63, 3.8) is 0 Å². The molecule has 4 nitrogen and oxygen atoms in total. The van der Waals surface area contributed by atoms with Crippen LogP contribution in [-0.2, 0) is 9.47 Å². The predicted octanol–water partition coefficient (Wildman–Crippen LogP) is 2.62. The summed E-state index contributed by atoms with van der Waals surface area (Å²) in [6.07, 6.45) is 7.09. The molecule has 2 fully saturated rings. The van der Waals surface area contributed by atoms with Gasteiger partial charge in [0.05, 0.1) is 19.3 Å². The van der Waals surface area contributed by atoms with E-state index in [1.165, 1.54) is 51.7 Å². The van der Waals surface area contributed by atoms with E-state index in [1.807, 2.05) is 0 Å². The van der Waals surface area contributed by atoms with Crippen molar-refractivity contribution in [3.8, 4) is 0 Å². The zero-order valence-electron chi connectivity index (χ0n) is 14.9. The molecule has 0 unspecified atom stereocenters. The van der Waals surface area contributed by atoms with E-state index in [0.717, 1.165) is 32.2 Å². The van der Waals surface area contributed by atoms with Crippen molar-refractivity contribution in [1.82, 2.24) is 9.80 Å². The molecule has 0 bridgehead atoms. The minimum atomic E-state index is 0.513. The molecule has 2 rings (SSSR count). The zero-order valence-corrected chi connectivity index (χ0v) is 14.9. The van der Waals surface area contributed by atoms with Crippen molar-refractivity contribution in [2.45, 2.75) is 58.1 Å². The van der Waals surface area contributed by atoms with Crippen LogP contribution >= 0.6 is 0 Å². The van der Waals surface area contributed by atoms with Crippen LogP contribution in [0.15, 0.2) is 0 Å². The largest absolute Gasteiger partial charge is 0.383 e. The number of ether oxygens (including phenoxy) is 2. The van der Waals surface area contributed by atoms with Gasteiger partial charge in [-0.1, -0.05) is 26.7 Å². The van der Waals surface area contributed by atoms with E-state index in [1.54, 1.807) is 7.11 Å². The van der Waals surface area contributed by atoms with E-state index < -0.39 is 0 Å². The number of rotatable bonds is 8. The van der Waals surface area contributed by atoms with E-state index in [2.05, 4.69) is 23.6 Å². The van der Waals surface area contributed by atoms with Crippen molar-refractivity contribution in [1.29, 1.82) is 0 Å². The fraction of sp³-hybridized carbons (Fsp3) is 1.00. The Morgan fingerprint density at radius 2 is 1.86 bits per heavy atom. The maximum Gasteiger partial charge on any atom is 0.0601 e. The molecule has 1 heterocycles. The third-order valence-corrected chi connectivity index (χ3v) is 5.51. The Morgan fingerprint density at radius 1 is 1.05 bits per heavy atom. The van der Waals surface area contributed by atoms with Crippen LogP contribution in [-0.4, -0.2) is 75.0 Å². The highest BCUT2D eigenvalue weighted by molar-refractivity contribution is 4.81. The molecule has 3 atom stereocenters. The lowest BCUT2D eigenvalue weighted by Crippen LogP contribution is -2.54. The highest BCUT2D eigenvalue weighted by Crippen LogP contribution is 2.26. The van der Waals surface area contributed by atoms with E-state index in [4.69, 9.17) is 9.47 Å². The monoisotopic (exact) mass is 312 g/mol. The molecule has 0 spiro atoms. The molecule has 2 aliphatic rings. The molecular weight excluding hydrogens is 276 g/mol. The van der Waals surface area contributed by atoms with Crippen LogP contribution in [0.25, 0.3) is 0 Å². The fourth-order valence-corrected chi connectivity index (χ4v) is 3.91. The first-order valence-electron chi connectivity index (χ1n) is 9.31. The predicted molar refractivity (Wildman–Crippen MR) is 91.3 cm³/mol. The van der Waals surface area contributed by atoms with Crippen molar-refractivity contribution in [2.75, 3.05) is 53.0 Å². The first-order chi connectivity index (χ1) is 10.7. The second-order valence-corrected chi connectivity index (χ2v) is 7.06. The number of piperazine rings is 1. The first kappa shape index (κ1) is 18.2. The summed E-state index contributed by atoms with van der Waals surface area (Å²) in [7, 11) is 1.79. The van der Waals surface area contributed by atoms with Gasteiger partial charge in [0.1, 0.15) is 0 Å². The fourth-order valence-electron chi connectivity index (χ4n) is 3.91. The molecule has 1 aliphatic carbocycles. The summed E-state index contributed by atoms with van der Waals surface area (Å²) < 4.78 is 11.4. The second kappa shape index (κ2) is 9.86. The second-order valence-electron chi connectivity index (χ2n) is 7.06. The molecule has 0 radical (unpaired) electrons. The molecule has 1 aliphatic heterocycles. The van der Waals surface area contributed by atoms with E-state index in [9.17, 15) is 0 Å². The van der Waals surface area contributed by atoms with Crippen LogP contribution < -0.4 is 0 Å². The third kappa shape index (κ3) is 5.48. The highest BCUT2D eigenvalue weighted by Gasteiger charge is 2.26. The van der Waals surface area contributed by atoms with Gasteiger partial charge in [-0.3, -0.25) is 9.80 Å². The molecule has 0 aromatic rings. The number of methoxy groups -OCH3 is 1. The summed E-state index contributed by atoms with van der Waals surface area (Å²) in [6.45, 7) is 12.1. The molecule has 22 heavy (non-hydrogen) atoms. The number of nitrogens with zero attached hydrogens (tertiary/aromatic N) is 2. The molecule has 4 heteroatoms. The Morgan fingerprint density at radius 3 is 2.59 bits per heavy atom. The van der Waals surface area contributed by atoms with Gasteiger partial charge in [-0.15, -0.1) is 0 Å². The Hall–Kier alpha value is -0.160. The van der Waals surface area contributed by atoms with Crippen LogP contribution in [0.3, 0.4) is 0 Å². The molecule has 0 N–H and O–H groups in total. The normalized spacial score (nSPS) is 31.5. The summed E-state index contributed by atoms with van der Waals surface area (Å²) in [5.41, 5.74) is 0. The van der Waals surface area contributed by atoms with Crippen LogP contribution in [0.4, 0.5) is 0 Å². The molecular formula is C18H36N2O2. The standard InChI is InChI=1S/C18H36N2O2/c1-4-17-15-19(9-10-20(17)12-13-21-3)11-14-22-18-8-6-5-7-16(18)2/h16-18H,4-15H2,1-3H3/t16-,17+,18+/m0/s1. The maximum absolute atomic E-state index is 6.18. The lowest BCUT2D eigenvalue weighted by molar-refractivity contribution is -0.0242. The Bertz CT molecular complexity index is 301. The Labute approximate surface area is 137 Å². The average molecular weight is 312 g/mol. The van der Waals surface area contributed by atoms with Gasteiger partial charge < -0.3 is 9.47 Å². The smallest absolute Gasteiger partial charge is 0.0601 e. The zero-order chi connectivity index (χ0) is 15.8. The van der Waals surface area contributed by atoms with Crippen LogP contribution in [0.5, 0.6) is 0 Å². The van der Waals surface area contributed by atoms with E-state index in [-0.39, 0.29) is 0 Å². The topological polar surface area (TPSA) is 24.9 Å². The van der Waals surface area contributed by atoms with Gasteiger partial charge >= 0.3 is 0 Å². The Kier molecular flexibility index (Phi) is 8.15. The summed E-state index contributed by atoms with van der Waals surface area (Å²) >= 11 is 0. The van der Waals surface area contributed by atoms with E-state index in [0.29, 0.717) is 12.1 Å².